The van der Waals surface area contributed by atoms with Gasteiger partial charge in [-0.05, 0) is 31.4 Å². The summed E-state index contributed by atoms with van der Waals surface area (Å²) in [5.74, 6) is -0.419. The number of anilines is 1. The average Bonchev–Trinajstić information content (AvgIpc) is 3.30. The Balaban J connectivity index is 1.86. The number of sulfonamides is 1. The van der Waals surface area contributed by atoms with Crippen LogP contribution >= 0.6 is 0 Å². The number of nitrogens with zero attached hydrogens (tertiary/aromatic N) is 3. The highest BCUT2D eigenvalue weighted by Gasteiger charge is 2.38. The molecule has 2 amide bonds. The minimum absolute atomic E-state index is 0.0846. The molecule has 2 aliphatic rings. The summed E-state index contributed by atoms with van der Waals surface area (Å²) in [6.07, 6.45) is 4.11. The number of carbonyl (C=O) groups is 2. The van der Waals surface area contributed by atoms with E-state index in [0.29, 0.717) is 6.54 Å². The summed E-state index contributed by atoms with van der Waals surface area (Å²) in [4.78, 5) is 28.5. The Morgan fingerprint density at radius 1 is 1.22 bits per heavy atom. The molecule has 0 aromatic carbocycles. The molecule has 1 aromatic heterocycles. The van der Waals surface area contributed by atoms with Gasteiger partial charge in [0.1, 0.15) is 10.7 Å². The van der Waals surface area contributed by atoms with Crippen LogP contribution in [0.3, 0.4) is 0 Å². The van der Waals surface area contributed by atoms with Crippen LogP contribution in [0.1, 0.15) is 39.0 Å². The summed E-state index contributed by atoms with van der Waals surface area (Å²) in [5, 5.41) is 0. The average molecular weight is 337 g/mol. The van der Waals surface area contributed by atoms with E-state index in [1.54, 1.807) is 0 Å². The summed E-state index contributed by atoms with van der Waals surface area (Å²) in [6.45, 7) is 2.43. The summed E-state index contributed by atoms with van der Waals surface area (Å²) < 4.78 is 26.9. The normalized spacial score (nSPS) is 19.0. The van der Waals surface area contributed by atoms with Gasteiger partial charge in [-0.25, -0.2) is 18.3 Å². The van der Waals surface area contributed by atoms with Crippen molar-refractivity contribution in [2.24, 2.45) is 0 Å². The lowest BCUT2D eigenvalue weighted by atomic mass is 10.4. The van der Waals surface area contributed by atoms with Gasteiger partial charge in [-0.1, -0.05) is 6.92 Å². The molecular formula is C15H19N3O4S. The topological polar surface area (TPSA) is 87.7 Å². The van der Waals surface area contributed by atoms with E-state index in [0.717, 1.165) is 24.2 Å². The SMILES string of the molecule is CCCN(C1CC1)S(=O)(=O)c1ccc(N2C(=O)CCC2=O)nc1. The largest absolute Gasteiger partial charge is 0.274 e. The summed E-state index contributed by atoms with van der Waals surface area (Å²) in [5.41, 5.74) is 0. The van der Waals surface area contributed by atoms with Crippen molar-refractivity contribution in [2.75, 3.05) is 11.4 Å². The Hall–Kier alpha value is -1.80. The number of pyridine rings is 1. The number of amides is 2. The first kappa shape index (κ1) is 16.1. The monoisotopic (exact) mass is 337 g/mol. The second-order valence-electron chi connectivity index (χ2n) is 5.82. The van der Waals surface area contributed by atoms with Crippen molar-refractivity contribution in [2.45, 2.75) is 50.0 Å². The lowest BCUT2D eigenvalue weighted by molar-refractivity contribution is -0.121. The molecule has 0 spiro atoms. The Bertz CT molecular complexity index is 710. The molecule has 1 aliphatic carbocycles. The number of imide groups is 1. The first-order valence-electron chi connectivity index (χ1n) is 7.79. The zero-order valence-corrected chi connectivity index (χ0v) is 13.8. The molecule has 0 atom stereocenters. The van der Waals surface area contributed by atoms with Crippen molar-refractivity contribution < 1.29 is 18.0 Å². The molecule has 2 heterocycles. The predicted molar refractivity (Wildman–Crippen MR) is 83.2 cm³/mol. The highest BCUT2D eigenvalue weighted by molar-refractivity contribution is 7.89. The quantitative estimate of drug-likeness (QED) is 0.730. The number of carbonyl (C=O) groups excluding carboxylic acids is 2. The maximum atomic E-state index is 12.7. The van der Waals surface area contributed by atoms with Crippen molar-refractivity contribution in [1.29, 1.82) is 0 Å². The van der Waals surface area contributed by atoms with Gasteiger partial charge >= 0.3 is 0 Å². The highest BCUT2D eigenvalue weighted by atomic mass is 32.2. The molecule has 8 heteroatoms. The maximum Gasteiger partial charge on any atom is 0.244 e. The zero-order chi connectivity index (χ0) is 16.6. The van der Waals surface area contributed by atoms with Crippen LogP contribution in [0.15, 0.2) is 23.2 Å². The second-order valence-corrected chi connectivity index (χ2v) is 7.71. The van der Waals surface area contributed by atoms with Crippen LogP contribution in [-0.4, -0.2) is 42.1 Å². The summed E-state index contributed by atoms with van der Waals surface area (Å²) in [6, 6.07) is 2.92. The lowest BCUT2D eigenvalue weighted by Crippen LogP contribution is -2.34. The third-order valence-electron chi connectivity index (χ3n) is 4.01. The smallest absolute Gasteiger partial charge is 0.244 e. The van der Waals surface area contributed by atoms with E-state index in [2.05, 4.69) is 4.98 Å². The highest BCUT2D eigenvalue weighted by Crippen LogP contribution is 2.32. The van der Waals surface area contributed by atoms with Crippen LogP contribution in [0, 0.1) is 0 Å². The van der Waals surface area contributed by atoms with E-state index in [1.165, 1.54) is 22.6 Å². The van der Waals surface area contributed by atoms with Gasteiger partial charge in [-0.2, -0.15) is 4.31 Å². The van der Waals surface area contributed by atoms with Gasteiger partial charge in [-0.3, -0.25) is 9.59 Å². The van der Waals surface area contributed by atoms with E-state index >= 15 is 0 Å². The number of hydrogen-bond acceptors (Lipinski definition) is 5. The minimum atomic E-state index is -3.58. The molecule has 124 valence electrons. The van der Waals surface area contributed by atoms with Gasteiger partial charge in [0.15, 0.2) is 0 Å². The Morgan fingerprint density at radius 3 is 2.35 bits per heavy atom. The van der Waals surface area contributed by atoms with Gasteiger partial charge in [0.25, 0.3) is 0 Å². The van der Waals surface area contributed by atoms with Crippen LogP contribution in [0.25, 0.3) is 0 Å². The molecule has 1 saturated heterocycles. The fourth-order valence-electron chi connectivity index (χ4n) is 2.71. The van der Waals surface area contributed by atoms with Gasteiger partial charge in [0, 0.05) is 31.6 Å². The summed E-state index contributed by atoms with van der Waals surface area (Å²) >= 11 is 0. The standard InChI is InChI=1S/C15H19N3O4S/c1-2-9-17(11-3-4-11)23(21,22)12-5-6-13(16-10-12)18-14(19)7-8-15(18)20/h5-6,10-11H,2-4,7-9H2,1H3. The predicted octanol–water partition coefficient (Wildman–Crippen LogP) is 1.30. The molecular weight excluding hydrogens is 318 g/mol. The molecule has 3 rings (SSSR count). The first-order chi connectivity index (χ1) is 10.9. The fourth-order valence-corrected chi connectivity index (χ4v) is 4.43. The number of rotatable bonds is 6. The van der Waals surface area contributed by atoms with Crippen molar-refractivity contribution in [1.82, 2.24) is 9.29 Å². The van der Waals surface area contributed by atoms with Crippen molar-refractivity contribution in [3.05, 3.63) is 18.3 Å². The van der Waals surface area contributed by atoms with Gasteiger partial charge in [-0.15, -0.1) is 0 Å². The van der Waals surface area contributed by atoms with Crippen LogP contribution in [0.2, 0.25) is 0 Å². The van der Waals surface area contributed by atoms with Gasteiger partial charge < -0.3 is 0 Å². The van der Waals surface area contributed by atoms with E-state index in [-0.39, 0.29) is 41.4 Å². The molecule has 7 nitrogen and oxygen atoms in total. The maximum absolute atomic E-state index is 12.7. The fraction of sp³-hybridized carbons (Fsp3) is 0.533. The van der Waals surface area contributed by atoms with E-state index in [9.17, 15) is 18.0 Å². The Morgan fingerprint density at radius 2 is 1.87 bits per heavy atom. The van der Waals surface area contributed by atoms with Gasteiger partial charge in [0.05, 0.1) is 0 Å². The van der Waals surface area contributed by atoms with Crippen molar-refractivity contribution in [3.63, 3.8) is 0 Å². The molecule has 1 aliphatic heterocycles. The van der Waals surface area contributed by atoms with Crippen molar-refractivity contribution in [3.8, 4) is 0 Å². The molecule has 2 fully saturated rings. The van der Waals surface area contributed by atoms with E-state index in [1.807, 2.05) is 6.92 Å². The zero-order valence-electron chi connectivity index (χ0n) is 12.9. The molecule has 0 radical (unpaired) electrons. The third kappa shape index (κ3) is 3.00. The Kier molecular flexibility index (Phi) is 4.20. The molecule has 1 saturated carbocycles. The molecule has 0 unspecified atom stereocenters. The number of aromatic nitrogens is 1. The Labute approximate surface area is 135 Å². The van der Waals surface area contributed by atoms with Crippen LogP contribution in [0.5, 0.6) is 0 Å². The molecule has 23 heavy (non-hydrogen) atoms. The van der Waals surface area contributed by atoms with Crippen molar-refractivity contribution >= 4 is 27.7 Å². The van der Waals surface area contributed by atoms with E-state index < -0.39 is 10.0 Å². The van der Waals surface area contributed by atoms with Crippen LogP contribution in [0.4, 0.5) is 5.82 Å². The minimum Gasteiger partial charge on any atom is -0.274 e. The second kappa shape index (κ2) is 6.01. The summed E-state index contributed by atoms with van der Waals surface area (Å²) in [7, 11) is -3.58. The molecule has 0 N–H and O–H groups in total. The number of hydrogen-bond donors (Lipinski definition) is 0. The van der Waals surface area contributed by atoms with E-state index in [4.69, 9.17) is 0 Å². The van der Waals surface area contributed by atoms with Crippen LogP contribution < -0.4 is 4.90 Å². The third-order valence-corrected chi connectivity index (χ3v) is 5.94. The first-order valence-corrected chi connectivity index (χ1v) is 9.23. The lowest BCUT2D eigenvalue weighted by Gasteiger charge is -2.21. The molecule has 1 aromatic rings. The molecule has 0 bridgehead atoms. The van der Waals surface area contributed by atoms with Gasteiger partial charge in [0.2, 0.25) is 21.8 Å². The van der Waals surface area contributed by atoms with Crippen LogP contribution in [-0.2, 0) is 19.6 Å².